The highest BCUT2D eigenvalue weighted by Crippen LogP contribution is 2.42. The summed E-state index contributed by atoms with van der Waals surface area (Å²) in [6.45, 7) is 2.35. The first kappa shape index (κ1) is 15.9. The third-order valence-electron chi connectivity index (χ3n) is 3.28. The molecule has 0 amide bonds. The highest BCUT2D eigenvalue weighted by molar-refractivity contribution is 7.19. The molecule has 0 atom stereocenters. The van der Waals surface area contributed by atoms with Crippen LogP contribution in [0.4, 0.5) is 10.7 Å². The number of anilines is 2. The first-order valence-electron chi connectivity index (χ1n) is 7.03. The Balaban J connectivity index is 1.81. The minimum absolute atomic E-state index is 0.321. The van der Waals surface area contributed by atoms with Crippen LogP contribution in [-0.4, -0.2) is 39.9 Å². The molecule has 2 rings (SSSR count). The van der Waals surface area contributed by atoms with Crippen LogP contribution in [0.5, 0.6) is 5.75 Å². The van der Waals surface area contributed by atoms with Gasteiger partial charge in [-0.2, -0.15) is 0 Å². The van der Waals surface area contributed by atoms with Crippen LogP contribution in [0.25, 0.3) is 0 Å². The molecule has 1 fully saturated rings. The van der Waals surface area contributed by atoms with Gasteiger partial charge in [0.2, 0.25) is 0 Å². The second-order valence-corrected chi connectivity index (χ2v) is 6.02. The summed E-state index contributed by atoms with van der Waals surface area (Å²) in [7, 11) is 2.86. The van der Waals surface area contributed by atoms with Crippen LogP contribution in [0.3, 0.4) is 0 Å². The number of hydrogen-bond donors (Lipinski definition) is 2. The van der Waals surface area contributed by atoms with Crippen molar-refractivity contribution >= 4 is 28.0 Å². The molecule has 1 heterocycles. The average Bonchev–Trinajstić information content (AvgIpc) is 3.25. The summed E-state index contributed by atoms with van der Waals surface area (Å²) in [5, 5.41) is 3.98. The Morgan fingerprint density at radius 3 is 2.81 bits per heavy atom. The van der Waals surface area contributed by atoms with Crippen LogP contribution in [0.1, 0.15) is 28.9 Å². The maximum atomic E-state index is 11.6. The molecule has 0 saturated heterocycles. The van der Waals surface area contributed by atoms with E-state index in [9.17, 15) is 4.79 Å². The summed E-state index contributed by atoms with van der Waals surface area (Å²) in [5.41, 5.74) is 6.22. The molecule has 1 aliphatic rings. The summed E-state index contributed by atoms with van der Waals surface area (Å²) in [6.07, 6.45) is 3.50. The number of thiophene rings is 1. The standard InChI is InChI=1S/C14H22N2O4S/c1-18-11-10(15)12(14(17)19-2)21-13(11)16-6-3-7-20-8-9-4-5-9/h9,16H,3-8,15H2,1-2H3. The van der Waals surface area contributed by atoms with Gasteiger partial charge >= 0.3 is 5.97 Å². The van der Waals surface area contributed by atoms with E-state index in [2.05, 4.69) is 5.32 Å². The zero-order valence-electron chi connectivity index (χ0n) is 12.4. The monoisotopic (exact) mass is 314 g/mol. The van der Waals surface area contributed by atoms with Crippen molar-refractivity contribution in [2.24, 2.45) is 5.92 Å². The second-order valence-electron chi connectivity index (χ2n) is 5.00. The molecule has 7 heteroatoms. The van der Waals surface area contributed by atoms with Gasteiger partial charge in [-0.1, -0.05) is 0 Å². The zero-order chi connectivity index (χ0) is 15.2. The molecule has 1 saturated carbocycles. The van der Waals surface area contributed by atoms with Crippen molar-refractivity contribution in [3.63, 3.8) is 0 Å². The molecule has 1 aliphatic carbocycles. The lowest BCUT2D eigenvalue weighted by atomic mass is 10.3. The summed E-state index contributed by atoms with van der Waals surface area (Å²) in [6, 6.07) is 0. The van der Waals surface area contributed by atoms with E-state index in [1.807, 2.05) is 0 Å². The van der Waals surface area contributed by atoms with E-state index < -0.39 is 5.97 Å². The second kappa shape index (κ2) is 7.51. The SMILES string of the molecule is COC(=O)c1sc(NCCCOCC2CC2)c(OC)c1N. The minimum Gasteiger partial charge on any atom is -0.492 e. The lowest BCUT2D eigenvalue weighted by Crippen LogP contribution is -2.06. The Bertz CT molecular complexity index is 486. The van der Waals surface area contributed by atoms with Crippen LogP contribution < -0.4 is 15.8 Å². The molecule has 118 valence electrons. The molecule has 0 unspecified atom stereocenters. The number of carbonyl (C=O) groups is 1. The third kappa shape index (κ3) is 4.25. The summed E-state index contributed by atoms with van der Waals surface area (Å²) in [5.74, 6) is 0.841. The number of methoxy groups -OCH3 is 2. The molecule has 0 aromatic carbocycles. The van der Waals surface area contributed by atoms with Crippen molar-refractivity contribution in [2.45, 2.75) is 19.3 Å². The van der Waals surface area contributed by atoms with Crippen molar-refractivity contribution in [3.05, 3.63) is 4.88 Å². The molecule has 0 bridgehead atoms. The van der Waals surface area contributed by atoms with Crippen LogP contribution in [0, 0.1) is 5.92 Å². The Morgan fingerprint density at radius 2 is 2.19 bits per heavy atom. The van der Waals surface area contributed by atoms with Crippen molar-refractivity contribution in [1.82, 2.24) is 0 Å². The molecule has 21 heavy (non-hydrogen) atoms. The van der Waals surface area contributed by atoms with Crippen LogP contribution >= 0.6 is 11.3 Å². The van der Waals surface area contributed by atoms with Gasteiger partial charge in [-0.3, -0.25) is 0 Å². The Labute approximate surface area is 128 Å². The van der Waals surface area contributed by atoms with Crippen molar-refractivity contribution in [2.75, 3.05) is 45.0 Å². The topological polar surface area (TPSA) is 82.8 Å². The molecular weight excluding hydrogens is 292 g/mol. The van der Waals surface area contributed by atoms with Gasteiger partial charge in [0.05, 0.1) is 14.2 Å². The number of rotatable bonds is 9. The molecular formula is C14H22N2O4S. The summed E-state index contributed by atoms with van der Waals surface area (Å²) in [4.78, 5) is 12.0. The van der Waals surface area contributed by atoms with Crippen molar-refractivity contribution in [3.8, 4) is 5.75 Å². The van der Waals surface area contributed by atoms with Crippen LogP contribution in [0.15, 0.2) is 0 Å². The number of esters is 1. The molecule has 3 N–H and O–H groups in total. The lowest BCUT2D eigenvalue weighted by Gasteiger charge is -2.07. The number of hydrogen-bond acceptors (Lipinski definition) is 7. The lowest BCUT2D eigenvalue weighted by molar-refractivity contribution is 0.0607. The fraction of sp³-hybridized carbons (Fsp3) is 0.643. The van der Waals surface area contributed by atoms with E-state index in [0.29, 0.717) is 16.3 Å². The Morgan fingerprint density at radius 1 is 1.43 bits per heavy atom. The normalized spacial score (nSPS) is 14.0. The number of nitrogens with one attached hydrogen (secondary N) is 1. The van der Waals surface area contributed by atoms with Gasteiger partial charge in [-0.15, -0.1) is 11.3 Å². The van der Waals surface area contributed by atoms with E-state index in [0.717, 1.165) is 37.1 Å². The van der Waals surface area contributed by atoms with E-state index in [4.69, 9.17) is 19.9 Å². The molecule has 6 nitrogen and oxygen atoms in total. The van der Waals surface area contributed by atoms with E-state index in [-0.39, 0.29) is 0 Å². The van der Waals surface area contributed by atoms with E-state index >= 15 is 0 Å². The fourth-order valence-electron chi connectivity index (χ4n) is 1.90. The summed E-state index contributed by atoms with van der Waals surface area (Å²) < 4.78 is 15.5. The van der Waals surface area contributed by atoms with Crippen LogP contribution in [0.2, 0.25) is 0 Å². The van der Waals surface area contributed by atoms with Crippen molar-refractivity contribution < 1.29 is 19.0 Å². The fourth-order valence-corrected chi connectivity index (χ4v) is 2.94. The number of carbonyl (C=O) groups excluding carboxylic acids is 1. The van der Waals surface area contributed by atoms with E-state index in [1.54, 1.807) is 0 Å². The smallest absolute Gasteiger partial charge is 0.350 e. The third-order valence-corrected chi connectivity index (χ3v) is 4.40. The first-order chi connectivity index (χ1) is 10.2. The molecule has 0 radical (unpaired) electrons. The van der Waals surface area contributed by atoms with Gasteiger partial charge in [0.25, 0.3) is 0 Å². The molecule has 1 aromatic heterocycles. The zero-order valence-corrected chi connectivity index (χ0v) is 13.3. The van der Waals surface area contributed by atoms with E-state index in [1.165, 1.54) is 38.4 Å². The van der Waals surface area contributed by atoms with Crippen molar-refractivity contribution in [1.29, 1.82) is 0 Å². The number of nitrogen functional groups attached to an aromatic ring is 1. The van der Waals surface area contributed by atoms with Gasteiger partial charge in [-0.25, -0.2) is 4.79 Å². The molecule has 0 aliphatic heterocycles. The predicted molar refractivity (Wildman–Crippen MR) is 83.3 cm³/mol. The number of ether oxygens (including phenoxy) is 3. The molecule has 0 spiro atoms. The highest BCUT2D eigenvalue weighted by atomic mass is 32.1. The van der Waals surface area contributed by atoms with Gasteiger partial charge in [0.1, 0.15) is 15.6 Å². The molecule has 1 aromatic rings. The van der Waals surface area contributed by atoms with Gasteiger partial charge in [0, 0.05) is 19.8 Å². The largest absolute Gasteiger partial charge is 0.492 e. The minimum atomic E-state index is -0.448. The van der Waals surface area contributed by atoms with Gasteiger partial charge < -0.3 is 25.3 Å². The van der Waals surface area contributed by atoms with Crippen LogP contribution in [-0.2, 0) is 9.47 Å². The highest BCUT2D eigenvalue weighted by Gasteiger charge is 2.22. The number of nitrogens with two attached hydrogens (primary N) is 1. The first-order valence-corrected chi connectivity index (χ1v) is 7.85. The maximum absolute atomic E-state index is 11.6. The Hall–Kier alpha value is -1.47. The average molecular weight is 314 g/mol. The van der Waals surface area contributed by atoms with Gasteiger partial charge in [0.15, 0.2) is 5.75 Å². The quantitative estimate of drug-likeness (QED) is 0.538. The Kier molecular flexibility index (Phi) is 5.69. The summed E-state index contributed by atoms with van der Waals surface area (Å²) >= 11 is 1.25. The van der Waals surface area contributed by atoms with Gasteiger partial charge in [-0.05, 0) is 25.2 Å². The predicted octanol–water partition coefficient (Wildman–Crippen LogP) is 2.35. The maximum Gasteiger partial charge on any atom is 0.350 e.